The molecule has 5 nitrogen and oxygen atoms in total. The number of hydrogen-bond acceptors (Lipinski definition) is 3. The second-order valence-electron chi connectivity index (χ2n) is 7.13. The van der Waals surface area contributed by atoms with Crippen molar-refractivity contribution in [3.05, 3.63) is 23.8 Å². The average Bonchev–Trinajstić information content (AvgIpc) is 2.26. The molecule has 6 heteroatoms. The second kappa shape index (κ2) is 8.57. The summed E-state index contributed by atoms with van der Waals surface area (Å²) in [5, 5.41) is 19.3. The molecule has 0 aliphatic rings. The smallest absolute Gasteiger partial charge is 0.177 e. The van der Waals surface area contributed by atoms with Gasteiger partial charge in [-0.2, -0.15) is 0 Å². The van der Waals surface area contributed by atoms with E-state index in [-0.39, 0.29) is 29.4 Å². The fourth-order valence-corrected chi connectivity index (χ4v) is 1.53. The van der Waals surface area contributed by atoms with Gasteiger partial charge in [0.2, 0.25) is 0 Å². The lowest BCUT2D eigenvalue weighted by molar-refractivity contribution is -0.262. The maximum atomic E-state index is 9.82. The number of nitrogens with zero attached hydrogens (tertiary/aromatic N) is 2. The molecule has 1 N–H and O–H groups in total. The molecule has 1 aromatic rings. The van der Waals surface area contributed by atoms with E-state index >= 15 is 0 Å². The van der Waals surface area contributed by atoms with Gasteiger partial charge in [-0.25, -0.2) is 0 Å². The molecule has 22 heavy (non-hydrogen) atoms. The van der Waals surface area contributed by atoms with Crippen molar-refractivity contribution in [2.24, 2.45) is 0 Å². The third-order valence-corrected chi connectivity index (χ3v) is 2.93. The van der Waals surface area contributed by atoms with E-state index in [0.717, 1.165) is 10.6 Å². The minimum Gasteiger partial charge on any atom is -1.00 e. The highest BCUT2D eigenvalue weighted by molar-refractivity contribution is 5.61. The SMILES string of the molecule is CC(C)(C)c1ccc(O)c([N+](C)(C)C)c1.CN(C)C(=O)[O-].[I-]. The van der Waals surface area contributed by atoms with Crippen molar-refractivity contribution in [2.75, 3.05) is 35.2 Å². The summed E-state index contributed by atoms with van der Waals surface area (Å²) in [4.78, 5) is 10.5. The van der Waals surface area contributed by atoms with E-state index in [1.165, 1.54) is 19.7 Å². The number of phenolic OH excluding ortho intramolecular Hbond substituents is 1. The van der Waals surface area contributed by atoms with Crippen molar-refractivity contribution >= 4 is 11.8 Å². The van der Waals surface area contributed by atoms with Crippen molar-refractivity contribution in [2.45, 2.75) is 26.2 Å². The van der Waals surface area contributed by atoms with E-state index in [2.05, 4.69) is 48.0 Å². The number of amides is 1. The van der Waals surface area contributed by atoms with Crippen molar-refractivity contribution < 1.29 is 39.0 Å². The van der Waals surface area contributed by atoms with Crippen LogP contribution in [0, 0.1) is 0 Å². The van der Waals surface area contributed by atoms with Crippen LogP contribution in [0.5, 0.6) is 5.75 Å². The molecular weight excluding hydrogens is 395 g/mol. The topological polar surface area (TPSA) is 63.6 Å². The van der Waals surface area contributed by atoms with Crippen LogP contribution >= 0.6 is 0 Å². The number of benzene rings is 1. The number of carbonyl (C=O) groups excluding carboxylic acids is 1. The first-order chi connectivity index (χ1) is 9.26. The van der Waals surface area contributed by atoms with Gasteiger partial charge < -0.3 is 43.9 Å². The summed E-state index contributed by atoms with van der Waals surface area (Å²) in [6, 6.07) is 5.88. The Hall–Kier alpha value is -1.02. The van der Waals surface area contributed by atoms with Crippen LogP contribution in [0.4, 0.5) is 10.5 Å². The largest absolute Gasteiger partial charge is 1.00 e. The molecule has 0 unspecified atom stereocenters. The van der Waals surface area contributed by atoms with Crippen molar-refractivity contribution in [3.8, 4) is 5.75 Å². The summed E-state index contributed by atoms with van der Waals surface area (Å²) in [6.07, 6.45) is -1.16. The maximum Gasteiger partial charge on any atom is 0.177 e. The number of phenols is 1. The zero-order valence-corrected chi connectivity index (χ0v) is 16.9. The third kappa shape index (κ3) is 7.84. The van der Waals surface area contributed by atoms with Gasteiger partial charge in [0.25, 0.3) is 0 Å². The molecule has 0 atom stereocenters. The van der Waals surface area contributed by atoms with Crippen LogP contribution < -0.4 is 33.6 Å². The molecule has 0 bridgehead atoms. The molecule has 0 saturated heterocycles. The van der Waals surface area contributed by atoms with E-state index in [1.54, 1.807) is 6.07 Å². The monoisotopic (exact) mass is 423 g/mol. The van der Waals surface area contributed by atoms with Crippen LogP contribution in [0.3, 0.4) is 0 Å². The zero-order chi connectivity index (χ0) is 17.0. The van der Waals surface area contributed by atoms with Gasteiger partial charge in [0.1, 0.15) is 6.09 Å². The van der Waals surface area contributed by atoms with Gasteiger partial charge in [0.15, 0.2) is 11.4 Å². The van der Waals surface area contributed by atoms with Crippen molar-refractivity contribution in [1.82, 2.24) is 9.38 Å². The molecule has 0 heterocycles. The Morgan fingerprint density at radius 2 is 1.59 bits per heavy atom. The summed E-state index contributed by atoms with van der Waals surface area (Å²) in [5.74, 6) is 0.371. The second-order valence-corrected chi connectivity index (χ2v) is 7.13. The maximum absolute atomic E-state index is 9.82. The molecule has 0 radical (unpaired) electrons. The summed E-state index contributed by atoms with van der Waals surface area (Å²) in [7, 11) is 9.00. The van der Waals surface area contributed by atoms with Crippen LogP contribution in [0.2, 0.25) is 0 Å². The average molecular weight is 423 g/mol. The van der Waals surface area contributed by atoms with Gasteiger partial charge in [-0.05, 0) is 17.0 Å². The summed E-state index contributed by atoms with van der Waals surface area (Å²) in [6.45, 7) is 6.54. The van der Waals surface area contributed by atoms with E-state index in [9.17, 15) is 15.0 Å². The fourth-order valence-electron chi connectivity index (χ4n) is 1.53. The van der Waals surface area contributed by atoms with Crippen LogP contribution in [-0.4, -0.2) is 51.3 Å². The number of quaternary nitrogens is 1. The van der Waals surface area contributed by atoms with Crippen molar-refractivity contribution in [1.29, 1.82) is 0 Å². The molecule has 0 aliphatic heterocycles. The fraction of sp³-hybridized carbons (Fsp3) is 0.562. The number of carbonyl (C=O) groups is 1. The molecule has 0 aromatic heterocycles. The quantitative estimate of drug-likeness (QED) is 0.455. The first-order valence-corrected chi connectivity index (χ1v) is 6.80. The van der Waals surface area contributed by atoms with Gasteiger partial charge in [-0.3, -0.25) is 4.48 Å². The number of carboxylic acid groups (broad SMARTS) is 1. The third-order valence-electron chi connectivity index (χ3n) is 2.93. The molecule has 1 amide bonds. The highest BCUT2D eigenvalue weighted by Gasteiger charge is 2.22. The molecular formula is C16H28IN2O3-. The first-order valence-electron chi connectivity index (χ1n) is 6.80. The summed E-state index contributed by atoms with van der Waals surface area (Å²) < 4.78 is 0.635. The Morgan fingerprint density at radius 1 is 1.18 bits per heavy atom. The van der Waals surface area contributed by atoms with Gasteiger partial charge in [0, 0.05) is 20.2 Å². The lowest BCUT2D eigenvalue weighted by Crippen LogP contribution is -3.00. The van der Waals surface area contributed by atoms with Crippen LogP contribution in [-0.2, 0) is 5.41 Å². The Labute approximate surface area is 151 Å². The summed E-state index contributed by atoms with van der Waals surface area (Å²) in [5.41, 5.74) is 2.34. The molecule has 1 rings (SSSR count). The van der Waals surface area contributed by atoms with Crippen LogP contribution in [0.1, 0.15) is 26.3 Å². The Balaban J connectivity index is 0. The lowest BCUT2D eigenvalue weighted by atomic mass is 9.86. The normalized spacial score (nSPS) is 10.9. The minimum atomic E-state index is -1.16. The van der Waals surface area contributed by atoms with Gasteiger partial charge in [-0.1, -0.05) is 26.8 Å². The molecule has 0 saturated carbocycles. The van der Waals surface area contributed by atoms with E-state index in [4.69, 9.17) is 0 Å². The summed E-state index contributed by atoms with van der Waals surface area (Å²) >= 11 is 0. The zero-order valence-electron chi connectivity index (χ0n) is 14.8. The predicted molar refractivity (Wildman–Crippen MR) is 85.5 cm³/mol. The van der Waals surface area contributed by atoms with Gasteiger partial charge >= 0.3 is 0 Å². The Morgan fingerprint density at radius 3 is 1.86 bits per heavy atom. The van der Waals surface area contributed by atoms with Crippen LogP contribution in [0.15, 0.2) is 18.2 Å². The predicted octanol–water partition coefficient (Wildman–Crippen LogP) is -1.22. The molecule has 1 aromatic carbocycles. The van der Waals surface area contributed by atoms with E-state index < -0.39 is 6.09 Å². The van der Waals surface area contributed by atoms with Crippen LogP contribution in [0.25, 0.3) is 0 Å². The van der Waals surface area contributed by atoms with E-state index in [0.29, 0.717) is 10.2 Å². The first kappa shape index (κ1) is 23.2. The van der Waals surface area contributed by atoms with Gasteiger partial charge in [0.05, 0.1) is 21.1 Å². The minimum absolute atomic E-state index is 0. The van der Waals surface area contributed by atoms with Gasteiger partial charge in [-0.15, -0.1) is 0 Å². The van der Waals surface area contributed by atoms with E-state index in [1.807, 2.05) is 6.07 Å². The molecule has 0 aliphatic carbocycles. The Bertz CT molecular complexity index is 489. The Kier molecular flexibility index (Phi) is 9.06. The number of halogens is 1. The molecule has 0 spiro atoms. The molecule has 0 fully saturated rings. The van der Waals surface area contributed by atoms with Crippen molar-refractivity contribution in [3.63, 3.8) is 0 Å². The standard InChI is InChI=1S/C13H21NO.C3H7NO2.HI/c1-13(2,3)10-7-8-12(15)11(9-10)14(4,5)6;1-4(2)3(5)6;/h7-9H,1-6H3;1-2H3,(H,5,6);1H/p-1. The molecule has 128 valence electrons. The highest BCUT2D eigenvalue weighted by atomic mass is 127. The lowest BCUT2D eigenvalue weighted by Gasteiger charge is -2.27. The number of aromatic hydroxyl groups is 1. The highest BCUT2D eigenvalue weighted by Crippen LogP contribution is 2.34. The number of hydrogen-bond donors (Lipinski definition) is 1. The number of rotatable bonds is 1.